The van der Waals surface area contributed by atoms with Crippen molar-refractivity contribution < 1.29 is 9.47 Å². The normalized spacial score (nSPS) is 13.8. The van der Waals surface area contributed by atoms with Crippen molar-refractivity contribution in [3.63, 3.8) is 0 Å². The Morgan fingerprint density at radius 2 is 1.88 bits per heavy atom. The highest BCUT2D eigenvalue weighted by molar-refractivity contribution is 5.80. The number of hydrogen-bond acceptors (Lipinski definition) is 4. The fourth-order valence-corrected chi connectivity index (χ4v) is 3.14. The van der Waals surface area contributed by atoms with E-state index in [1.165, 1.54) is 5.82 Å². The molecule has 1 aromatic heterocycles. The van der Waals surface area contributed by atoms with Crippen LogP contribution in [0.3, 0.4) is 0 Å². The second kappa shape index (κ2) is 7.88. The van der Waals surface area contributed by atoms with Gasteiger partial charge in [0.2, 0.25) is 0 Å². The molecule has 2 heterocycles. The third-order valence-electron chi connectivity index (χ3n) is 4.53. The van der Waals surface area contributed by atoms with Gasteiger partial charge in [0.15, 0.2) is 11.5 Å². The summed E-state index contributed by atoms with van der Waals surface area (Å²) in [7, 11) is 0. The van der Waals surface area contributed by atoms with Crippen LogP contribution in [0, 0.1) is 5.92 Å². The summed E-state index contributed by atoms with van der Waals surface area (Å²) < 4.78 is 13.8. The summed E-state index contributed by atoms with van der Waals surface area (Å²) in [6.07, 6.45) is 5.53. The Morgan fingerprint density at radius 1 is 1.12 bits per heavy atom. The quantitative estimate of drug-likeness (QED) is 0.752. The number of imidazole rings is 1. The number of unbranched alkanes of at least 4 members (excludes halogenated alkanes) is 2. The molecular weight excluding hydrogens is 302 g/mol. The highest BCUT2D eigenvalue weighted by Gasteiger charge is 2.18. The average Bonchev–Trinajstić information content (AvgIpc) is 2.91. The van der Waals surface area contributed by atoms with Gasteiger partial charge in [0.25, 0.3) is 0 Å². The fourth-order valence-electron chi connectivity index (χ4n) is 3.14. The molecule has 1 aromatic carbocycles. The monoisotopic (exact) mass is 331 g/mol. The van der Waals surface area contributed by atoms with Crippen LogP contribution in [0.25, 0.3) is 11.0 Å². The topological polar surface area (TPSA) is 62.3 Å². The van der Waals surface area contributed by atoms with E-state index in [1.54, 1.807) is 0 Å². The summed E-state index contributed by atoms with van der Waals surface area (Å²) in [5.74, 6) is 3.50. The van der Waals surface area contributed by atoms with Crippen LogP contribution < -0.4 is 15.2 Å². The molecule has 132 valence electrons. The smallest absolute Gasteiger partial charge is 0.163 e. The van der Waals surface area contributed by atoms with Crippen molar-refractivity contribution in [2.75, 3.05) is 19.8 Å². The third-order valence-corrected chi connectivity index (χ3v) is 4.53. The highest BCUT2D eigenvalue weighted by Crippen LogP contribution is 2.35. The van der Waals surface area contributed by atoms with Gasteiger partial charge in [0, 0.05) is 25.1 Å². The standard InChI is InChI=1S/C19H29N3O2/c1-14(2)7-9-22-16-13-18-17(23-10-11-24-18)12-15(16)21-19(22)6-4-3-5-8-20/h12-14H,3-11,20H2,1-2H3. The maximum atomic E-state index is 5.75. The number of nitrogens with two attached hydrogens (primary N) is 1. The van der Waals surface area contributed by atoms with Crippen LogP contribution in [0.1, 0.15) is 45.4 Å². The fraction of sp³-hybridized carbons (Fsp3) is 0.632. The molecule has 0 aliphatic carbocycles. The lowest BCUT2D eigenvalue weighted by molar-refractivity contribution is 0.172. The second-order valence-corrected chi connectivity index (χ2v) is 6.95. The number of aryl methyl sites for hydroxylation is 2. The molecule has 0 radical (unpaired) electrons. The van der Waals surface area contributed by atoms with Gasteiger partial charge >= 0.3 is 0 Å². The lowest BCUT2D eigenvalue weighted by atomic mass is 10.1. The van der Waals surface area contributed by atoms with Gasteiger partial charge in [-0.2, -0.15) is 0 Å². The number of ether oxygens (including phenoxy) is 2. The Bertz CT molecular complexity index is 679. The molecular formula is C19H29N3O2. The summed E-state index contributed by atoms with van der Waals surface area (Å²) in [5, 5.41) is 0. The van der Waals surface area contributed by atoms with Gasteiger partial charge in [-0.3, -0.25) is 0 Å². The molecule has 0 amide bonds. The van der Waals surface area contributed by atoms with Crippen molar-refractivity contribution in [3.8, 4) is 11.5 Å². The van der Waals surface area contributed by atoms with Gasteiger partial charge in [0.1, 0.15) is 19.0 Å². The van der Waals surface area contributed by atoms with Crippen molar-refractivity contribution in [2.45, 2.75) is 52.5 Å². The van der Waals surface area contributed by atoms with E-state index >= 15 is 0 Å². The predicted molar refractivity (Wildman–Crippen MR) is 96.8 cm³/mol. The Balaban J connectivity index is 1.90. The average molecular weight is 331 g/mol. The second-order valence-electron chi connectivity index (χ2n) is 6.95. The van der Waals surface area contributed by atoms with E-state index in [2.05, 4.69) is 24.5 Å². The van der Waals surface area contributed by atoms with Crippen molar-refractivity contribution in [2.24, 2.45) is 11.7 Å². The first-order valence-corrected chi connectivity index (χ1v) is 9.18. The molecule has 2 N–H and O–H groups in total. The summed E-state index contributed by atoms with van der Waals surface area (Å²) in [6.45, 7) is 7.52. The molecule has 24 heavy (non-hydrogen) atoms. The van der Waals surface area contributed by atoms with Crippen molar-refractivity contribution >= 4 is 11.0 Å². The molecule has 1 aliphatic rings. The van der Waals surface area contributed by atoms with Gasteiger partial charge in [-0.05, 0) is 31.7 Å². The van der Waals surface area contributed by atoms with Gasteiger partial charge in [0.05, 0.1) is 11.0 Å². The minimum atomic E-state index is 0.610. The largest absolute Gasteiger partial charge is 0.486 e. The van der Waals surface area contributed by atoms with Crippen molar-refractivity contribution in [3.05, 3.63) is 18.0 Å². The Hall–Kier alpha value is -1.75. The number of aromatic nitrogens is 2. The van der Waals surface area contributed by atoms with E-state index in [9.17, 15) is 0 Å². The zero-order valence-electron chi connectivity index (χ0n) is 14.9. The summed E-state index contributed by atoms with van der Waals surface area (Å²) in [5.41, 5.74) is 7.77. The minimum Gasteiger partial charge on any atom is -0.486 e. The lowest BCUT2D eigenvalue weighted by Crippen LogP contribution is -2.15. The Labute approximate surface area is 144 Å². The van der Waals surface area contributed by atoms with E-state index < -0.39 is 0 Å². The third kappa shape index (κ3) is 3.83. The molecule has 5 heteroatoms. The predicted octanol–water partition coefficient (Wildman–Crippen LogP) is 3.53. The van der Waals surface area contributed by atoms with E-state index in [0.717, 1.165) is 67.7 Å². The SMILES string of the molecule is CC(C)CCn1c(CCCCCN)nc2cc3c(cc21)OCCO3. The molecule has 0 fully saturated rings. The molecule has 0 bridgehead atoms. The van der Waals surface area contributed by atoms with Crippen molar-refractivity contribution in [1.29, 1.82) is 0 Å². The van der Waals surface area contributed by atoms with Crippen LogP contribution in [0.2, 0.25) is 0 Å². The number of fused-ring (bicyclic) bond motifs is 2. The maximum absolute atomic E-state index is 5.75. The highest BCUT2D eigenvalue weighted by atomic mass is 16.6. The maximum Gasteiger partial charge on any atom is 0.163 e. The van der Waals surface area contributed by atoms with Crippen molar-refractivity contribution in [1.82, 2.24) is 9.55 Å². The number of rotatable bonds is 8. The Kier molecular flexibility index (Phi) is 5.61. The van der Waals surface area contributed by atoms with Crippen LogP contribution in [0.4, 0.5) is 0 Å². The summed E-state index contributed by atoms with van der Waals surface area (Å²) in [4.78, 5) is 4.89. The molecule has 0 spiro atoms. The first kappa shape index (κ1) is 17.1. The summed E-state index contributed by atoms with van der Waals surface area (Å²) in [6, 6.07) is 4.12. The van der Waals surface area contributed by atoms with Crippen LogP contribution in [0.5, 0.6) is 11.5 Å². The first-order valence-electron chi connectivity index (χ1n) is 9.18. The van der Waals surface area contributed by atoms with Crippen LogP contribution in [0.15, 0.2) is 12.1 Å². The van der Waals surface area contributed by atoms with Crippen LogP contribution in [-0.2, 0) is 13.0 Å². The van der Waals surface area contributed by atoms with Gasteiger partial charge in [-0.1, -0.05) is 20.3 Å². The molecule has 0 atom stereocenters. The molecule has 0 unspecified atom stereocenters. The van der Waals surface area contributed by atoms with E-state index in [0.29, 0.717) is 19.1 Å². The zero-order chi connectivity index (χ0) is 16.9. The number of benzene rings is 1. The first-order chi connectivity index (χ1) is 11.7. The van der Waals surface area contributed by atoms with Crippen LogP contribution in [-0.4, -0.2) is 29.3 Å². The van der Waals surface area contributed by atoms with Gasteiger partial charge in [-0.15, -0.1) is 0 Å². The van der Waals surface area contributed by atoms with Crippen LogP contribution >= 0.6 is 0 Å². The van der Waals surface area contributed by atoms with E-state index in [1.807, 2.05) is 6.07 Å². The number of nitrogens with zero attached hydrogens (tertiary/aromatic N) is 2. The molecule has 1 aliphatic heterocycles. The molecule has 0 saturated heterocycles. The lowest BCUT2D eigenvalue weighted by Gasteiger charge is -2.18. The molecule has 5 nitrogen and oxygen atoms in total. The van der Waals surface area contributed by atoms with E-state index in [4.69, 9.17) is 20.2 Å². The molecule has 0 saturated carbocycles. The summed E-state index contributed by atoms with van der Waals surface area (Å²) >= 11 is 0. The van der Waals surface area contributed by atoms with Gasteiger partial charge in [-0.25, -0.2) is 4.98 Å². The minimum absolute atomic E-state index is 0.610. The molecule has 3 rings (SSSR count). The Morgan fingerprint density at radius 3 is 2.58 bits per heavy atom. The number of hydrogen-bond donors (Lipinski definition) is 1. The van der Waals surface area contributed by atoms with E-state index in [-0.39, 0.29) is 0 Å². The molecule has 2 aromatic rings. The van der Waals surface area contributed by atoms with Gasteiger partial charge < -0.3 is 19.8 Å². The zero-order valence-corrected chi connectivity index (χ0v) is 14.9.